The smallest absolute Gasteiger partial charge is 0.408 e. The van der Waals surface area contributed by atoms with Crippen LogP contribution < -0.4 is 10.1 Å². The fraction of sp³-hybridized carbons (Fsp3) is 0.333. The second-order valence-corrected chi connectivity index (χ2v) is 9.52. The summed E-state index contributed by atoms with van der Waals surface area (Å²) < 4.78 is 62.8. The number of halogens is 2. The molecule has 0 aromatic heterocycles. The van der Waals surface area contributed by atoms with Crippen LogP contribution in [0.3, 0.4) is 0 Å². The number of methoxy groups -OCH3 is 1. The number of hydrogen-bond acceptors (Lipinski definition) is 6. The lowest BCUT2D eigenvalue weighted by Crippen LogP contribution is -2.44. The molecule has 0 aliphatic carbocycles. The number of rotatable bonds is 7. The third-order valence-electron chi connectivity index (χ3n) is 4.93. The molecule has 0 radical (unpaired) electrons. The van der Waals surface area contributed by atoms with Crippen molar-refractivity contribution in [1.29, 1.82) is 0 Å². The van der Waals surface area contributed by atoms with Gasteiger partial charge in [0.05, 0.1) is 7.11 Å². The Morgan fingerprint density at radius 2 is 1.81 bits per heavy atom. The van der Waals surface area contributed by atoms with Crippen molar-refractivity contribution in [3.8, 4) is 5.75 Å². The largest absolute Gasteiger partial charge is 0.497 e. The highest BCUT2D eigenvalue weighted by atomic mass is 32.2. The van der Waals surface area contributed by atoms with Gasteiger partial charge in [0.2, 0.25) is 5.91 Å². The molecule has 2 aromatic carbocycles. The molecule has 0 bridgehead atoms. The van der Waals surface area contributed by atoms with Crippen molar-refractivity contribution < 1.29 is 36.3 Å². The number of ether oxygens (including phenoxy) is 2. The third kappa shape index (κ3) is 5.52. The molecule has 2 atom stereocenters. The summed E-state index contributed by atoms with van der Waals surface area (Å²) in [6, 6.07) is 9.24. The highest BCUT2D eigenvalue weighted by Gasteiger charge is 2.45. The number of nitrogens with one attached hydrogen (secondary N) is 1. The fourth-order valence-corrected chi connectivity index (χ4v) is 4.34. The van der Waals surface area contributed by atoms with E-state index in [4.69, 9.17) is 9.47 Å². The van der Waals surface area contributed by atoms with Gasteiger partial charge in [0.15, 0.2) is 9.84 Å². The van der Waals surface area contributed by atoms with Crippen LogP contribution in [0.4, 0.5) is 13.6 Å². The molecule has 1 fully saturated rings. The van der Waals surface area contributed by atoms with Gasteiger partial charge in [-0.05, 0) is 5.56 Å². The quantitative estimate of drug-likeness (QED) is 0.669. The maximum absolute atomic E-state index is 14.7. The molecule has 1 saturated heterocycles. The van der Waals surface area contributed by atoms with Gasteiger partial charge in [0.25, 0.3) is 0 Å². The van der Waals surface area contributed by atoms with Crippen molar-refractivity contribution in [3.63, 3.8) is 0 Å². The van der Waals surface area contributed by atoms with Crippen molar-refractivity contribution in [1.82, 2.24) is 10.2 Å². The number of carbonyl (C=O) groups is 2. The Bertz CT molecular complexity index is 1090. The summed E-state index contributed by atoms with van der Waals surface area (Å²) in [6.45, 7) is -0.397. The van der Waals surface area contributed by atoms with Crippen LogP contribution in [0.2, 0.25) is 0 Å². The minimum absolute atomic E-state index is 0.0622. The van der Waals surface area contributed by atoms with Crippen LogP contribution in [-0.4, -0.2) is 57.1 Å². The Labute approximate surface area is 184 Å². The summed E-state index contributed by atoms with van der Waals surface area (Å²) in [6.07, 6.45) is -0.0497. The van der Waals surface area contributed by atoms with E-state index in [1.807, 2.05) is 0 Å². The predicted octanol–water partition coefficient (Wildman–Crippen LogP) is 2.20. The van der Waals surface area contributed by atoms with Crippen LogP contribution >= 0.6 is 0 Å². The Hall–Kier alpha value is -3.21. The van der Waals surface area contributed by atoms with Crippen molar-refractivity contribution in [2.24, 2.45) is 0 Å². The molecular weight excluding hydrogens is 446 g/mol. The molecule has 1 N–H and O–H groups in total. The minimum atomic E-state index is -3.62. The summed E-state index contributed by atoms with van der Waals surface area (Å²) in [4.78, 5) is 26.1. The summed E-state index contributed by atoms with van der Waals surface area (Å²) in [5, 5.41) is 2.33. The average molecular weight is 468 g/mol. The number of amides is 2. The molecule has 0 spiro atoms. The first kappa shape index (κ1) is 23.5. The summed E-state index contributed by atoms with van der Waals surface area (Å²) >= 11 is 0. The second-order valence-electron chi connectivity index (χ2n) is 7.41. The van der Waals surface area contributed by atoms with Crippen LogP contribution in [0.25, 0.3) is 0 Å². The van der Waals surface area contributed by atoms with Crippen molar-refractivity contribution >= 4 is 21.8 Å². The zero-order valence-electron chi connectivity index (χ0n) is 17.4. The van der Waals surface area contributed by atoms with Crippen molar-refractivity contribution in [2.75, 3.05) is 25.8 Å². The van der Waals surface area contributed by atoms with Gasteiger partial charge in [-0.3, -0.25) is 4.79 Å². The fourth-order valence-electron chi connectivity index (χ4n) is 3.55. The van der Waals surface area contributed by atoms with Crippen LogP contribution in [0.5, 0.6) is 5.75 Å². The molecule has 0 unspecified atom stereocenters. The third-order valence-corrected chi connectivity index (χ3v) is 5.71. The van der Waals surface area contributed by atoms with Crippen LogP contribution in [0.1, 0.15) is 17.0 Å². The van der Waals surface area contributed by atoms with Crippen LogP contribution in [-0.2, 0) is 26.0 Å². The SMILES string of the molecule is COc1cc(F)c([C@@H]2CN(CS(C)(=O)=O)C(=O)[C@H]2NC(=O)OCc2ccccc2)c(F)c1. The number of sulfone groups is 1. The lowest BCUT2D eigenvalue weighted by atomic mass is 9.93. The van der Waals surface area contributed by atoms with Gasteiger partial charge in [-0.2, -0.15) is 0 Å². The molecule has 1 heterocycles. The number of benzene rings is 2. The Balaban J connectivity index is 1.86. The van der Waals surface area contributed by atoms with Gasteiger partial charge in [-0.15, -0.1) is 0 Å². The van der Waals surface area contributed by atoms with Gasteiger partial charge in [-0.25, -0.2) is 22.0 Å². The molecule has 2 aromatic rings. The van der Waals surface area contributed by atoms with E-state index in [0.717, 1.165) is 23.3 Å². The van der Waals surface area contributed by atoms with E-state index in [-0.39, 0.29) is 18.9 Å². The van der Waals surface area contributed by atoms with Gasteiger partial charge >= 0.3 is 6.09 Å². The maximum atomic E-state index is 14.7. The molecule has 0 saturated carbocycles. The molecular formula is C21H22F2N2O6S. The zero-order chi connectivity index (χ0) is 23.5. The van der Waals surface area contributed by atoms with E-state index in [2.05, 4.69) is 5.32 Å². The highest BCUT2D eigenvalue weighted by molar-refractivity contribution is 7.90. The Kier molecular flexibility index (Phi) is 6.97. The van der Waals surface area contributed by atoms with Crippen molar-refractivity contribution in [3.05, 3.63) is 65.2 Å². The minimum Gasteiger partial charge on any atom is -0.497 e. The van der Waals surface area contributed by atoms with E-state index >= 15 is 0 Å². The van der Waals surface area contributed by atoms with Gasteiger partial charge in [0.1, 0.15) is 35.9 Å². The maximum Gasteiger partial charge on any atom is 0.408 e. The molecule has 8 nitrogen and oxygen atoms in total. The molecule has 172 valence electrons. The van der Waals surface area contributed by atoms with E-state index in [0.29, 0.717) is 5.56 Å². The molecule has 1 aliphatic rings. The highest BCUT2D eigenvalue weighted by Crippen LogP contribution is 2.34. The summed E-state index contributed by atoms with van der Waals surface area (Å²) in [5.74, 6) is -4.64. The molecule has 11 heteroatoms. The van der Waals surface area contributed by atoms with Gasteiger partial charge in [0, 0.05) is 36.4 Å². The lowest BCUT2D eigenvalue weighted by Gasteiger charge is -2.20. The van der Waals surface area contributed by atoms with E-state index in [1.54, 1.807) is 30.3 Å². The number of nitrogens with zero attached hydrogens (tertiary/aromatic N) is 1. The van der Waals surface area contributed by atoms with Crippen LogP contribution in [0.15, 0.2) is 42.5 Å². The second kappa shape index (κ2) is 9.51. The topological polar surface area (TPSA) is 102 Å². The standard InChI is InChI=1S/C21H22F2N2O6S/c1-30-14-8-16(22)18(17(23)9-14)15-10-25(12-32(2,28)29)20(26)19(15)24-21(27)31-11-13-6-4-3-5-7-13/h3-9,15,19H,10-12H2,1-2H3,(H,24,27)/t15-,19-/m0/s1. The van der Waals surface area contributed by atoms with Gasteiger partial charge < -0.3 is 19.7 Å². The number of alkyl carbamates (subject to hydrolysis) is 1. The van der Waals surface area contributed by atoms with Gasteiger partial charge in [-0.1, -0.05) is 30.3 Å². The summed E-state index contributed by atoms with van der Waals surface area (Å²) in [5.41, 5.74) is 0.242. The Morgan fingerprint density at radius 1 is 1.19 bits per heavy atom. The van der Waals surface area contributed by atoms with Crippen LogP contribution in [0, 0.1) is 11.6 Å². The zero-order valence-corrected chi connectivity index (χ0v) is 18.2. The number of likely N-dealkylation sites (tertiary alicyclic amines) is 1. The van der Waals surface area contributed by atoms with E-state index in [1.165, 1.54) is 7.11 Å². The molecule has 3 rings (SSSR count). The van der Waals surface area contributed by atoms with E-state index in [9.17, 15) is 26.8 Å². The Morgan fingerprint density at radius 3 is 2.38 bits per heavy atom. The van der Waals surface area contributed by atoms with Crippen molar-refractivity contribution in [2.45, 2.75) is 18.6 Å². The first-order valence-corrected chi connectivity index (χ1v) is 11.6. The monoisotopic (exact) mass is 468 g/mol. The first-order chi connectivity index (χ1) is 15.1. The average Bonchev–Trinajstić information content (AvgIpc) is 3.00. The molecule has 2 amide bonds. The summed E-state index contributed by atoms with van der Waals surface area (Å²) in [7, 11) is -2.38. The lowest BCUT2D eigenvalue weighted by molar-refractivity contribution is -0.128. The van der Waals surface area contributed by atoms with E-state index < -0.39 is 56.9 Å². The normalized spacial score (nSPS) is 18.5. The molecule has 32 heavy (non-hydrogen) atoms. The first-order valence-electron chi connectivity index (χ1n) is 9.55. The molecule has 1 aliphatic heterocycles. The number of hydrogen-bond donors (Lipinski definition) is 1. The predicted molar refractivity (Wildman–Crippen MR) is 111 cm³/mol. The number of carbonyl (C=O) groups excluding carboxylic acids is 2.